The van der Waals surface area contributed by atoms with Gasteiger partial charge in [0.15, 0.2) is 0 Å². The quantitative estimate of drug-likeness (QED) is 0.458. The van der Waals surface area contributed by atoms with Gasteiger partial charge in [0.05, 0.1) is 0 Å². The molecule has 0 aromatic heterocycles. The molecule has 0 spiro atoms. The first kappa shape index (κ1) is 8.75. The van der Waals surface area contributed by atoms with Crippen molar-refractivity contribution >= 4 is 0 Å². The SMILES string of the molecule is NCCNCCC1=CCCC1. The topological polar surface area (TPSA) is 38.0 Å². The maximum absolute atomic E-state index is 5.35. The van der Waals surface area contributed by atoms with Gasteiger partial charge in [0.2, 0.25) is 0 Å². The van der Waals surface area contributed by atoms with Crippen molar-refractivity contribution in [3.8, 4) is 0 Å². The van der Waals surface area contributed by atoms with E-state index in [1.807, 2.05) is 0 Å². The number of allylic oxidation sites excluding steroid dienone is 1. The summed E-state index contributed by atoms with van der Waals surface area (Å²) in [5.74, 6) is 0. The van der Waals surface area contributed by atoms with Crippen LogP contribution >= 0.6 is 0 Å². The highest BCUT2D eigenvalue weighted by Crippen LogP contribution is 2.19. The van der Waals surface area contributed by atoms with Crippen molar-refractivity contribution in [1.29, 1.82) is 0 Å². The molecule has 1 rings (SSSR count). The molecule has 3 N–H and O–H groups in total. The Balaban J connectivity index is 1.94. The van der Waals surface area contributed by atoms with Crippen LogP contribution in [0.15, 0.2) is 11.6 Å². The molecule has 1 aliphatic rings. The van der Waals surface area contributed by atoms with Gasteiger partial charge in [-0.2, -0.15) is 0 Å². The van der Waals surface area contributed by atoms with Crippen LogP contribution in [0.5, 0.6) is 0 Å². The van der Waals surface area contributed by atoms with E-state index in [0.29, 0.717) is 0 Å². The van der Waals surface area contributed by atoms with Crippen LogP contribution in [0, 0.1) is 0 Å². The average molecular weight is 154 g/mol. The summed E-state index contributed by atoms with van der Waals surface area (Å²) in [6.07, 6.45) is 7.59. The maximum atomic E-state index is 5.35. The minimum absolute atomic E-state index is 0.749. The fraction of sp³-hybridized carbons (Fsp3) is 0.778. The van der Waals surface area contributed by atoms with E-state index in [2.05, 4.69) is 11.4 Å². The van der Waals surface area contributed by atoms with Crippen molar-refractivity contribution in [1.82, 2.24) is 5.32 Å². The summed E-state index contributed by atoms with van der Waals surface area (Å²) >= 11 is 0. The monoisotopic (exact) mass is 154 g/mol. The molecule has 0 aromatic rings. The van der Waals surface area contributed by atoms with Crippen molar-refractivity contribution in [3.05, 3.63) is 11.6 Å². The molecule has 11 heavy (non-hydrogen) atoms. The molecular formula is C9H18N2. The fourth-order valence-electron chi connectivity index (χ4n) is 1.44. The first-order valence-electron chi connectivity index (χ1n) is 4.52. The first-order chi connectivity index (χ1) is 5.43. The predicted molar refractivity (Wildman–Crippen MR) is 48.5 cm³/mol. The molecule has 1 aliphatic carbocycles. The molecule has 0 amide bonds. The maximum Gasteiger partial charge on any atom is 0.00746 e. The van der Waals surface area contributed by atoms with Crippen LogP contribution in [0.4, 0.5) is 0 Å². The van der Waals surface area contributed by atoms with Crippen molar-refractivity contribution in [2.75, 3.05) is 19.6 Å². The van der Waals surface area contributed by atoms with E-state index in [1.165, 1.54) is 25.7 Å². The van der Waals surface area contributed by atoms with Crippen molar-refractivity contribution in [2.24, 2.45) is 5.73 Å². The van der Waals surface area contributed by atoms with Gasteiger partial charge in [-0.15, -0.1) is 0 Å². The molecule has 0 radical (unpaired) electrons. The summed E-state index contributed by atoms with van der Waals surface area (Å²) in [5.41, 5.74) is 6.98. The van der Waals surface area contributed by atoms with E-state index in [4.69, 9.17) is 5.73 Å². The molecule has 0 unspecified atom stereocenters. The average Bonchev–Trinajstić information content (AvgIpc) is 2.50. The predicted octanol–water partition coefficient (Wildman–Crippen LogP) is 1.04. The summed E-state index contributed by atoms with van der Waals surface area (Å²) in [6, 6.07) is 0. The normalized spacial score (nSPS) is 17.0. The fourth-order valence-corrected chi connectivity index (χ4v) is 1.44. The summed E-state index contributed by atoms with van der Waals surface area (Å²) in [5, 5.41) is 3.30. The van der Waals surface area contributed by atoms with Crippen LogP contribution in [-0.4, -0.2) is 19.6 Å². The van der Waals surface area contributed by atoms with Crippen LogP contribution in [0.2, 0.25) is 0 Å². The number of nitrogens with two attached hydrogens (primary N) is 1. The van der Waals surface area contributed by atoms with Crippen molar-refractivity contribution < 1.29 is 0 Å². The highest BCUT2D eigenvalue weighted by molar-refractivity contribution is 5.07. The third kappa shape index (κ3) is 3.54. The van der Waals surface area contributed by atoms with Crippen LogP contribution in [-0.2, 0) is 0 Å². The number of nitrogens with one attached hydrogen (secondary N) is 1. The van der Waals surface area contributed by atoms with E-state index >= 15 is 0 Å². The Morgan fingerprint density at radius 2 is 2.36 bits per heavy atom. The van der Waals surface area contributed by atoms with E-state index in [0.717, 1.165) is 19.6 Å². The molecule has 0 saturated heterocycles. The Hall–Kier alpha value is -0.340. The Morgan fingerprint density at radius 1 is 1.45 bits per heavy atom. The van der Waals surface area contributed by atoms with Crippen LogP contribution in [0.25, 0.3) is 0 Å². The van der Waals surface area contributed by atoms with Gasteiger partial charge in [0.25, 0.3) is 0 Å². The van der Waals surface area contributed by atoms with Gasteiger partial charge in [-0.05, 0) is 32.2 Å². The van der Waals surface area contributed by atoms with Crippen molar-refractivity contribution in [2.45, 2.75) is 25.7 Å². The smallest absolute Gasteiger partial charge is 0.00746 e. The first-order valence-corrected chi connectivity index (χ1v) is 4.52. The molecule has 0 aromatic carbocycles. The molecule has 0 bridgehead atoms. The molecule has 2 nitrogen and oxygen atoms in total. The van der Waals surface area contributed by atoms with Crippen LogP contribution in [0.1, 0.15) is 25.7 Å². The largest absolute Gasteiger partial charge is 0.329 e. The Bertz CT molecular complexity index is 130. The molecule has 64 valence electrons. The highest BCUT2D eigenvalue weighted by atomic mass is 14.9. The van der Waals surface area contributed by atoms with E-state index < -0.39 is 0 Å². The lowest BCUT2D eigenvalue weighted by molar-refractivity contribution is 0.678. The second-order valence-electron chi connectivity index (χ2n) is 3.04. The summed E-state index contributed by atoms with van der Waals surface area (Å²) in [4.78, 5) is 0. The molecular weight excluding hydrogens is 136 g/mol. The number of rotatable bonds is 5. The second kappa shape index (κ2) is 5.33. The third-order valence-electron chi connectivity index (χ3n) is 2.08. The van der Waals surface area contributed by atoms with Gasteiger partial charge in [0, 0.05) is 13.1 Å². The third-order valence-corrected chi connectivity index (χ3v) is 2.08. The Kier molecular flexibility index (Phi) is 4.24. The van der Waals surface area contributed by atoms with Crippen LogP contribution in [0.3, 0.4) is 0 Å². The summed E-state index contributed by atoms with van der Waals surface area (Å²) in [6.45, 7) is 2.80. The molecule has 2 heteroatoms. The number of hydrogen-bond donors (Lipinski definition) is 2. The van der Waals surface area contributed by atoms with Crippen LogP contribution < -0.4 is 11.1 Å². The minimum Gasteiger partial charge on any atom is -0.329 e. The van der Waals surface area contributed by atoms with Gasteiger partial charge in [-0.25, -0.2) is 0 Å². The summed E-state index contributed by atoms with van der Waals surface area (Å²) in [7, 11) is 0. The number of hydrogen-bond acceptors (Lipinski definition) is 2. The van der Waals surface area contributed by atoms with Crippen molar-refractivity contribution in [3.63, 3.8) is 0 Å². The highest BCUT2D eigenvalue weighted by Gasteiger charge is 2.02. The van der Waals surface area contributed by atoms with Gasteiger partial charge < -0.3 is 11.1 Å². The molecule has 0 aliphatic heterocycles. The Morgan fingerprint density at radius 3 is 3.00 bits per heavy atom. The van der Waals surface area contributed by atoms with Gasteiger partial charge >= 0.3 is 0 Å². The lowest BCUT2D eigenvalue weighted by Gasteiger charge is -2.02. The molecule has 0 fully saturated rings. The second-order valence-corrected chi connectivity index (χ2v) is 3.04. The van der Waals surface area contributed by atoms with Gasteiger partial charge in [-0.3, -0.25) is 0 Å². The summed E-state index contributed by atoms with van der Waals surface area (Å²) < 4.78 is 0. The molecule has 0 saturated carbocycles. The zero-order valence-corrected chi connectivity index (χ0v) is 7.10. The lowest BCUT2D eigenvalue weighted by Crippen LogP contribution is -2.23. The van der Waals surface area contributed by atoms with Gasteiger partial charge in [-0.1, -0.05) is 11.6 Å². The van der Waals surface area contributed by atoms with Gasteiger partial charge in [0.1, 0.15) is 0 Å². The standard InChI is InChI=1S/C9H18N2/c10-6-8-11-7-5-9-3-1-2-4-9/h3,11H,1-2,4-8,10H2. The zero-order chi connectivity index (χ0) is 7.94. The van der Waals surface area contributed by atoms with E-state index in [1.54, 1.807) is 5.57 Å². The zero-order valence-electron chi connectivity index (χ0n) is 7.10. The minimum atomic E-state index is 0.749. The Labute approximate surface area is 68.9 Å². The lowest BCUT2D eigenvalue weighted by atomic mass is 10.2. The van der Waals surface area contributed by atoms with E-state index in [-0.39, 0.29) is 0 Å². The molecule has 0 atom stereocenters. The van der Waals surface area contributed by atoms with E-state index in [9.17, 15) is 0 Å². The molecule has 0 heterocycles.